The first-order valence-electron chi connectivity index (χ1n) is 19.0. The molecular weight excluding hydrogens is 685 g/mol. The fraction of sp³-hybridized carbons (Fsp3) is 0. The minimum absolute atomic E-state index is 0.849. The Labute approximate surface area is 321 Å². The number of para-hydroxylation sites is 4. The molecule has 0 aliphatic carbocycles. The molecule has 0 aliphatic rings. The minimum atomic E-state index is 0.849. The lowest BCUT2D eigenvalue weighted by Crippen LogP contribution is -2.11. The summed E-state index contributed by atoms with van der Waals surface area (Å²) < 4.78 is 15.5. The lowest BCUT2D eigenvalue weighted by molar-refractivity contribution is 0.669. The zero-order chi connectivity index (χ0) is 36.7. The fourth-order valence-electron chi connectivity index (χ4n) is 8.89. The molecular formula is C52H32N2O2. The third-order valence-corrected chi connectivity index (χ3v) is 11.4. The number of fused-ring (bicyclic) bond motifs is 11. The third kappa shape index (κ3) is 4.53. The highest BCUT2D eigenvalue weighted by Crippen LogP contribution is 2.47. The first-order valence-corrected chi connectivity index (χ1v) is 19.0. The number of hydrogen-bond donors (Lipinski definition) is 0. The molecule has 3 aromatic heterocycles. The van der Waals surface area contributed by atoms with Crippen molar-refractivity contribution in [3.05, 3.63) is 194 Å². The summed E-state index contributed by atoms with van der Waals surface area (Å²) >= 11 is 0. The van der Waals surface area contributed by atoms with Gasteiger partial charge >= 0.3 is 0 Å². The summed E-state index contributed by atoms with van der Waals surface area (Å²) in [7, 11) is 0. The van der Waals surface area contributed by atoms with Gasteiger partial charge in [-0.15, -0.1) is 0 Å². The van der Waals surface area contributed by atoms with Gasteiger partial charge in [-0.05, 0) is 89.8 Å². The largest absolute Gasteiger partial charge is 0.456 e. The Morgan fingerprint density at radius 1 is 0.393 bits per heavy atom. The van der Waals surface area contributed by atoms with Gasteiger partial charge in [-0.2, -0.15) is 0 Å². The number of furan rings is 2. The molecule has 0 fully saturated rings. The monoisotopic (exact) mass is 716 g/mol. The highest BCUT2D eigenvalue weighted by Gasteiger charge is 2.23. The van der Waals surface area contributed by atoms with Crippen LogP contribution in [0.25, 0.3) is 93.3 Å². The van der Waals surface area contributed by atoms with Gasteiger partial charge < -0.3 is 18.3 Å². The molecule has 262 valence electrons. The van der Waals surface area contributed by atoms with E-state index < -0.39 is 0 Å². The average Bonchev–Trinajstić information content (AvgIpc) is 3.94. The molecule has 56 heavy (non-hydrogen) atoms. The van der Waals surface area contributed by atoms with Crippen LogP contribution in [-0.4, -0.2) is 4.57 Å². The van der Waals surface area contributed by atoms with Crippen LogP contribution in [0.2, 0.25) is 0 Å². The number of aromatic nitrogens is 1. The van der Waals surface area contributed by atoms with Crippen molar-refractivity contribution in [3.8, 4) is 16.8 Å². The zero-order valence-electron chi connectivity index (χ0n) is 30.2. The van der Waals surface area contributed by atoms with E-state index >= 15 is 0 Å². The van der Waals surface area contributed by atoms with E-state index in [-0.39, 0.29) is 0 Å². The van der Waals surface area contributed by atoms with E-state index in [1.165, 1.54) is 21.8 Å². The maximum absolute atomic E-state index is 6.73. The van der Waals surface area contributed by atoms with Gasteiger partial charge in [0.05, 0.1) is 27.8 Å². The van der Waals surface area contributed by atoms with Crippen molar-refractivity contribution in [2.45, 2.75) is 0 Å². The molecule has 4 heteroatoms. The van der Waals surface area contributed by atoms with Gasteiger partial charge in [0.2, 0.25) is 0 Å². The van der Waals surface area contributed by atoms with Crippen LogP contribution in [-0.2, 0) is 0 Å². The van der Waals surface area contributed by atoms with Crippen molar-refractivity contribution in [3.63, 3.8) is 0 Å². The first kappa shape index (κ1) is 30.9. The van der Waals surface area contributed by atoms with E-state index in [0.29, 0.717) is 0 Å². The van der Waals surface area contributed by atoms with Crippen molar-refractivity contribution in [2.24, 2.45) is 0 Å². The van der Waals surface area contributed by atoms with Crippen LogP contribution < -0.4 is 4.90 Å². The van der Waals surface area contributed by atoms with Crippen LogP contribution in [0.4, 0.5) is 17.1 Å². The summed E-state index contributed by atoms with van der Waals surface area (Å²) in [6.45, 7) is 0. The smallest absolute Gasteiger partial charge is 0.143 e. The predicted octanol–water partition coefficient (Wildman–Crippen LogP) is 14.9. The van der Waals surface area contributed by atoms with Gasteiger partial charge in [0.25, 0.3) is 0 Å². The van der Waals surface area contributed by atoms with Gasteiger partial charge in [-0.25, -0.2) is 0 Å². The fourth-order valence-corrected chi connectivity index (χ4v) is 8.89. The average molecular weight is 717 g/mol. The lowest BCUT2D eigenvalue weighted by Gasteiger charge is -2.28. The van der Waals surface area contributed by atoms with Gasteiger partial charge in [0.1, 0.15) is 22.3 Å². The molecule has 3 heterocycles. The molecule has 0 saturated heterocycles. The van der Waals surface area contributed by atoms with Gasteiger partial charge in [-0.3, -0.25) is 0 Å². The van der Waals surface area contributed by atoms with E-state index in [9.17, 15) is 0 Å². The number of benzene rings is 9. The quantitative estimate of drug-likeness (QED) is 0.178. The summed E-state index contributed by atoms with van der Waals surface area (Å²) in [5, 5.41) is 9.15. The number of hydrogen-bond acceptors (Lipinski definition) is 3. The van der Waals surface area contributed by atoms with Crippen LogP contribution in [0.15, 0.2) is 203 Å². The standard InChI is InChI=1S/C52H32N2O2/c1-2-14-38-33(12-1)24-31-43-51-47(21-11-23-49(51)56-52(38)43)54(36-28-26-35(27-29-36)53-45-19-8-4-15-39(45)40-16-5-9-20-46(40)53)44-18-7-3-13-37(44)34-25-30-42-41-17-6-10-22-48(41)55-50(42)32-34/h1-32H. The summed E-state index contributed by atoms with van der Waals surface area (Å²) in [5.74, 6) is 0. The van der Waals surface area contributed by atoms with E-state index in [0.717, 1.165) is 88.5 Å². The van der Waals surface area contributed by atoms with Crippen LogP contribution in [0.1, 0.15) is 0 Å². The van der Waals surface area contributed by atoms with Crippen molar-refractivity contribution < 1.29 is 8.83 Å². The van der Waals surface area contributed by atoms with Crippen molar-refractivity contribution >= 4 is 93.5 Å². The lowest BCUT2D eigenvalue weighted by atomic mass is 9.99. The molecule has 0 N–H and O–H groups in total. The topological polar surface area (TPSA) is 34.5 Å². The molecule has 12 aromatic rings. The van der Waals surface area contributed by atoms with Crippen LogP contribution in [0.3, 0.4) is 0 Å². The normalized spacial score (nSPS) is 11.9. The summed E-state index contributed by atoms with van der Waals surface area (Å²) in [5.41, 5.74) is 12.3. The summed E-state index contributed by atoms with van der Waals surface area (Å²) in [6, 6.07) is 69.0. The molecule has 0 saturated carbocycles. The molecule has 0 spiro atoms. The second kappa shape index (κ2) is 12.0. The third-order valence-electron chi connectivity index (χ3n) is 11.4. The Morgan fingerprint density at radius 2 is 1.02 bits per heavy atom. The SMILES string of the molecule is c1ccc(N(c2ccc(-n3c4ccccc4c4ccccc43)cc2)c2cccc3oc4c5ccccc5ccc4c23)c(-c2ccc3c(c2)oc2ccccc23)c1. The minimum Gasteiger partial charge on any atom is -0.456 e. The van der Waals surface area contributed by atoms with Gasteiger partial charge in [0.15, 0.2) is 0 Å². The van der Waals surface area contributed by atoms with Crippen LogP contribution in [0.5, 0.6) is 0 Å². The summed E-state index contributed by atoms with van der Waals surface area (Å²) in [6.07, 6.45) is 0. The number of anilines is 3. The van der Waals surface area contributed by atoms with Gasteiger partial charge in [-0.1, -0.05) is 115 Å². The first-order chi connectivity index (χ1) is 27.8. The van der Waals surface area contributed by atoms with Crippen LogP contribution in [0, 0.1) is 0 Å². The van der Waals surface area contributed by atoms with E-state index in [2.05, 4.69) is 191 Å². The molecule has 0 bridgehead atoms. The molecule has 0 atom stereocenters. The molecule has 0 aliphatic heterocycles. The van der Waals surface area contributed by atoms with E-state index in [4.69, 9.17) is 8.83 Å². The van der Waals surface area contributed by atoms with Gasteiger partial charge in [0, 0.05) is 49.3 Å². The van der Waals surface area contributed by atoms with Crippen molar-refractivity contribution in [1.82, 2.24) is 4.57 Å². The van der Waals surface area contributed by atoms with Crippen molar-refractivity contribution in [1.29, 1.82) is 0 Å². The Kier molecular flexibility index (Phi) is 6.60. The Bertz CT molecular complexity index is 3440. The molecule has 0 amide bonds. The second-order valence-corrected chi connectivity index (χ2v) is 14.5. The molecule has 0 unspecified atom stereocenters. The molecule has 0 radical (unpaired) electrons. The summed E-state index contributed by atoms with van der Waals surface area (Å²) in [4.78, 5) is 2.39. The van der Waals surface area contributed by atoms with Crippen molar-refractivity contribution in [2.75, 3.05) is 4.90 Å². The van der Waals surface area contributed by atoms with E-state index in [1.54, 1.807) is 0 Å². The zero-order valence-corrected chi connectivity index (χ0v) is 30.2. The van der Waals surface area contributed by atoms with Crippen LogP contribution >= 0.6 is 0 Å². The highest BCUT2D eigenvalue weighted by molar-refractivity contribution is 6.20. The maximum Gasteiger partial charge on any atom is 0.143 e. The molecule has 9 aromatic carbocycles. The van der Waals surface area contributed by atoms with E-state index in [1.807, 2.05) is 12.1 Å². The maximum atomic E-state index is 6.73. The predicted molar refractivity (Wildman–Crippen MR) is 233 cm³/mol. The Morgan fingerprint density at radius 3 is 1.84 bits per heavy atom. The Balaban J connectivity index is 1.10. The second-order valence-electron chi connectivity index (χ2n) is 14.5. The molecule has 4 nitrogen and oxygen atoms in total. The number of nitrogens with zero attached hydrogens (tertiary/aromatic N) is 2. The number of rotatable bonds is 5. The highest BCUT2D eigenvalue weighted by atomic mass is 16.3. The molecule has 12 rings (SSSR count). The Hall–Kier alpha value is -7.56.